The largest absolute Gasteiger partial charge is 0.328 e. The van der Waals surface area contributed by atoms with Crippen LogP contribution < -0.4 is 0 Å². The Kier molecular flexibility index (Phi) is 6.28. The molecule has 0 saturated heterocycles. The Morgan fingerprint density at radius 2 is 1.50 bits per heavy atom. The van der Waals surface area contributed by atoms with E-state index in [9.17, 15) is 8.42 Å². The van der Waals surface area contributed by atoms with Gasteiger partial charge in [-0.25, -0.2) is 8.42 Å². The number of nitrogens with zero attached hydrogens (tertiary/aromatic N) is 2. The Morgan fingerprint density at radius 3 is 1.85 bits per heavy atom. The molecule has 122 valence electrons. The molecule has 0 aromatic carbocycles. The molecule has 0 amide bonds. The standard InChI is InChI=1S/C15H35N2O2S/c1-10-17(8,9)12-11-16(7)20(18,19)15(5,6)13-14(2,3)4/h10-13H2,1-9H3/q+1. The molecule has 5 heteroatoms. The summed E-state index contributed by atoms with van der Waals surface area (Å²) < 4.78 is 27.1. The highest BCUT2D eigenvalue weighted by atomic mass is 32.2. The summed E-state index contributed by atoms with van der Waals surface area (Å²) in [6.45, 7) is 14.4. The first-order chi connectivity index (χ1) is 8.65. The van der Waals surface area contributed by atoms with E-state index in [0.717, 1.165) is 17.6 Å². The van der Waals surface area contributed by atoms with Crippen molar-refractivity contribution in [3.05, 3.63) is 0 Å². The van der Waals surface area contributed by atoms with Crippen LogP contribution in [0.3, 0.4) is 0 Å². The average Bonchev–Trinajstić information content (AvgIpc) is 2.22. The van der Waals surface area contributed by atoms with Crippen molar-refractivity contribution in [2.45, 2.75) is 52.7 Å². The normalized spacial score (nSPS) is 14.9. The number of likely N-dealkylation sites (N-methyl/N-ethyl adjacent to an activating group) is 2. The topological polar surface area (TPSA) is 37.4 Å². The summed E-state index contributed by atoms with van der Waals surface area (Å²) in [5.74, 6) is 0. The second kappa shape index (κ2) is 6.32. The zero-order valence-electron chi connectivity index (χ0n) is 14.9. The summed E-state index contributed by atoms with van der Waals surface area (Å²) in [5.41, 5.74) is -0.00381. The van der Waals surface area contributed by atoms with Crippen molar-refractivity contribution in [2.75, 3.05) is 40.8 Å². The average molecular weight is 308 g/mol. The van der Waals surface area contributed by atoms with Crippen LogP contribution in [0.5, 0.6) is 0 Å². The molecule has 0 atom stereocenters. The van der Waals surface area contributed by atoms with Gasteiger partial charge in [-0.2, -0.15) is 4.31 Å². The maximum Gasteiger partial charge on any atom is 0.219 e. The van der Waals surface area contributed by atoms with E-state index in [4.69, 9.17) is 0 Å². The minimum Gasteiger partial charge on any atom is -0.328 e. The van der Waals surface area contributed by atoms with Crippen molar-refractivity contribution >= 4 is 10.0 Å². The monoisotopic (exact) mass is 307 g/mol. The maximum atomic E-state index is 12.8. The summed E-state index contributed by atoms with van der Waals surface area (Å²) >= 11 is 0. The molecule has 0 aliphatic rings. The third kappa shape index (κ3) is 5.70. The van der Waals surface area contributed by atoms with Crippen LogP contribution in [-0.2, 0) is 10.0 Å². The molecular weight excluding hydrogens is 272 g/mol. The second-order valence-corrected chi connectivity index (χ2v) is 11.0. The third-order valence-electron chi connectivity index (χ3n) is 3.94. The first-order valence-electron chi connectivity index (χ1n) is 7.42. The molecule has 0 aromatic rings. The van der Waals surface area contributed by atoms with Crippen LogP contribution in [0.4, 0.5) is 0 Å². The van der Waals surface area contributed by atoms with Gasteiger partial charge in [0, 0.05) is 7.05 Å². The number of hydrogen-bond acceptors (Lipinski definition) is 2. The quantitative estimate of drug-likeness (QED) is 0.678. The lowest BCUT2D eigenvalue weighted by atomic mass is 9.86. The predicted octanol–water partition coefficient (Wildman–Crippen LogP) is 2.56. The van der Waals surface area contributed by atoms with Crippen molar-refractivity contribution in [1.82, 2.24) is 4.31 Å². The summed E-state index contributed by atoms with van der Waals surface area (Å²) in [5, 5.41) is 0. The Labute approximate surface area is 126 Å². The van der Waals surface area contributed by atoms with Gasteiger partial charge in [-0.3, -0.25) is 0 Å². The minimum absolute atomic E-state index is 0.00381. The first kappa shape index (κ1) is 19.9. The molecule has 0 fully saturated rings. The van der Waals surface area contributed by atoms with E-state index in [2.05, 4.69) is 41.8 Å². The fraction of sp³-hybridized carbons (Fsp3) is 1.00. The maximum absolute atomic E-state index is 12.8. The third-order valence-corrected chi connectivity index (χ3v) is 6.49. The van der Waals surface area contributed by atoms with Gasteiger partial charge in [0.1, 0.15) is 0 Å². The molecule has 0 spiro atoms. The molecule has 0 saturated carbocycles. The zero-order valence-corrected chi connectivity index (χ0v) is 15.8. The lowest BCUT2D eigenvalue weighted by molar-refractivity contribution is -0.887. The molecule has 0 radical (unpaired) electrons. The van der Waals surface area contributed by atoms with Crippen LogP contribution in [0.1, 0.15) is 48.0 Å². The summed E-state index contributed by atoms with van der Waals surface area (Å²) in [6.07, 6.45) is 0.651. The molecule has 0 aromatic heterocycles. The van der Waals surface area contributed by atoms with E-state index in [0.29, 0.717) is 13.0 Å². The smallest absolute Gasteiger partial charge is 0.219 e. The van der Waals surface area contributed by atoms with Crippen LogP contribution in [0.25, 0.3) is 0 Å². The van der Waals surface area contributed by atoms with Gasteiger partial charge in [-0.15, -0.1) is 0 Å². The minimum atomic E-state index is -3.28. The van der Waals surface area contributed by atoms with Crippen LogP contribution in [-0.4, -0.2) is 62.7 Å². The van der Waals surface area contributed by atoms with Gasteiger partial charge >= 0.3 is 0 Å². The predicted molar refractivity (Wildman–Crippen MR) is 87.2 cm³/mol. The van der Waals surface area contributed by atoms with Gasteiger partial charge in [-0.05, 0) is 32.6 Å². The van der Waals surface area contributed by atoms with Gasteiger partial charge < -0.3 is 4.48 Å². The van der Waals surface area contributed by atoms with E-state index < -0.39 is 14.8 Å². The first-order valence-corrected chi connectivity index (χ1v) is 8.86. The Bertz CT molecular complexity index is 406. The molecule has 0 aliphatic heterocycles. The van der Waals surface area contributed by atoms with E-state index >= 15 is 0 Å². The summed E-state index contributed by atoms with van der Waals surface area (Å²) in [7, 11) is 2.68. The highest BCUT2D eigenvalue weighted by Crippen LogP contribution is 2.33. The molecule has 0 heterocycles. The molecule has 20 heavy (non-hydrogen) atoms. The van der Waals surface area contributed by atoms with Gasteiger partial charge in [0.15, 0.2) is 0 Å². The summed E-state index contributed by atoms with van der Waals surface area (Å²) in [6, 6.07) is 0. The lowest BCUT2D eigenvalue weighted by Crippen LogP contribution is -2.50. The fourth-order valence-corrected chi connectivity index (χ4v) is 4.26. The van der Waals surface area contributed by atoms with Crippen molar-refractivity contribution in [3.63, 3.8) is 0 Å². The van der Waals surface area contributed by atoms with Crippen molar-refractivity contribution in [3.8, 4) is 0 Å². The van der Waals surface area contributed by atoms with Crippen LogP contribution in [0.15, 0.2) is 0 Å². The molecule has 0 N–H and O–H groups in total. The summed E-state index contributed by atoms with van der Waals surface area (Å²) in [4.78, 5) is 0. The van der Waals surface area contributed by atoms with Crippen molar-refractivity contribution in [1.29, 1.82) is 0 Å². The van der Waals surface area contributed by atoms with E-state index in [-0.39, 0.29) is 5.41 Å². The second-order valence-electron chi connectivity index (χ2n) is 8.30. The molecule has 0 aliphatic carbocycles. The van der Waals surface area contributed by atoms with Crippen LogP contribution >= 0.6 is 0 Å². The Hall–Kier alpha value is -0.130. The number of quaternary nitrogens is 1. The SMILES string of the molecule is CC[N+](C)(C)CCN(C)S(=O)(=O)C(C)(C)CC(C)(C)C. The zero-order chi connectivity index (χ0) is 16.4. The lowest BCUT2D eigenvalue weighted by Gasteiger charge is -2.36. The fourth-order valence-electron chi connectivity index (χ4n) is 2.48. The molecule has 0 rings (SSSR count). The molecule has 4 nitrogen and oxygen atoms in total. The van der Waals surface area contributed by atoms with Gasteiger partial charge in [0.05, 0.1) is 38.5 Å². The van der Waals surface area contributed by atoms with Crippen molar-refractivity contribution < 1.29 is 12.9 Å². The molecular formula is C15H35N2O2S+. The van der Waals surface area contributed by atoms with Crippen LogP contribution in [0, 0.1) is 5.41 Å². The van der Waals surface area contributed by atoms with Crippen molar-refractivity contribution in [2.24, 2.45) is 5.41 Å². The number of sulfonamides is 1. The van der Waals surface area contributed by atoms with Crippen LogP contribution in [0.2, 0.25) is 0 Å². The highest BCUT2D eigenvalue weighted by Gasteiger charge is 2.40. The van der Waals surface area contributed by atoms with Gasteiger partial charge in [0.25, 0.3) is 0 Å². The van der Waals surface area contributed by atoms with E-state index in [1.165, 1.54) is 4.31 Å². The number of rotatable bonds is 7. The Morgan fingerprint density at radius 1 is 1.05 bits per heavy atom. The van der Waals surface area contributed by atoms with E-state index in [1.54, 1.807) is 7.05 Å². The van der Waals surface area contributed by atoms with Gasteiger partial charge in [-0.1, -0.05) is 20.8 Å². The van der Waals surface area contributed by atoms with E-state index in [1.807, 2.05) is 13.8 Å². The Balaban J connectivity index is 4.95. The molecule has 0 bridgehead atoms. The van der Waals surface area contributed by atoms with Gasteiger partial charge in [0.2, 0.25) is 10.0 Å². The highest BCUT2D eigenvalue weighted by molar-refractivity contribution is 7.90. The number of hydrogen-bond donors (Lipinski definition) is 0. The molecule has 0 unspecified atom stereocenters.